The zero-order valence-electron chi connectivity index (χ0n) is 13.1. The van der Waals surface area contributed by atoms with E-state index in [1.165, 1.54) is 53.3 Å². The van der Waals surface area contributed by atoms with Crippen LogP contribution in [0.15, 0.2) is 54.7 Å². The van der Waals surface area contributed by atoms with Gasteiger partial charge in [-0.1, -0.05) is 17.7 Å². The third kappa shape index (κ3) is 3.81. The number of carbonyl (C=O) groups excluding carboxylic acids is 2. The monoisotopic (exact) mass is 374 g/mol. The second kappa shape index (κ2) is 7.24. The Morgan fingerprint density at radius 2 is 1.85 bits per heavy atom. The number of aromatic hydroxyl groups is 1. The van der Waals surface area contributed by atoms with Gasteiger partial charge in [0.1, 0.15) is 11.6 Å². The molecule has 3 N–H and O–H groups in total. The van der Waals surface area contributed by atoms with Crippen LogP contribution in [0.3, 0.4) is 0 Å². The van der Waals surface area contributed by atoms with Crippen LogP contribution in [0.25, 0.3) is 5.69 Å². The molecule has 0 bridgehead atoms. The molecule has 0 unspecified atom stereocenters. The van der Waals surface area contributed by atoms with Crippen molar-refractivity contribution >= 4 is 23.4 Å². The molecule has 2 aromatic carbocycles. The van der Waals surface area contributed by atoms with E-state index in [0.717, 1.165) is 0 Å². The number of amides is 2. The Labute approximate surface area is 152 Å². The van der Waals surface area contributed by atoms with Gasteiger partial charge in [-0.05, 0) is 42.5 Å². The zero-order valence-corrected chi connectivity index (χ0v) is 13.9. The highest BCUT2D eigenvalue weighted by Gasteiger charge is 2.15. The SMILES string of the molecule is O=C(NNC(=O)c1cc(Cl)ccc1O)c1ccn(-c2cccc(F)c2)n1. The summed E-state index contributed by atoms with van der Waals surface area (Å²) in [6.07, 6.45) is 1.48. The molecule has 0 saturated carbocycles. The second-order valence-corrected chi connectivity index (χ2v) is 5.63. The third-order valence-corrected chi connectivity index (χ3v) is 3.62. The first-order chi connectivity index (χ1) is 12.4. The molecule has 1 aromatic heterocycles. The van der Waals surface area contributed by atoms with Crippen molar-refractivity contribution in [3.05, 3.63) is 76.8 Å². The number of nitrogens with one attached hydrogen (secondary N) is 2. The molecule has 0 atom stereocenters. The van der Waals surface area contributed by atoms with Crippen LogP contribution < -0.4 is 10.9 Å². The lowest BCUT2D eigenvalue weighted by molar-refractivity contribution is 0.0842. The fourth-order valence-electron chi connectivity index (χ4n) is 2.14. The van der Waals surface area contributed by atoms with Crippen LogP contribution in [0.2, 0.25) is 5.02 Å². The lowest BCUT2D eigenvalue weighted by atomic mass is 10.2. The number of carbonyl (C=O) groups is 2. The predicted octanol–water partition coefficient (Wildman–Crippen LogP) is 2.45. The molecule has 3 rings (SSSR count). The molecule has 0 fully saturated rings. The first kappa shape index (κ1) is 17.4. The van der Waals surface area contributed by atoms with E-state index in [1.807, 2.05) is 0 Å². The molecule has 0 aliphatic rings. The van der Waals surface area contributed by atoms with Crippen molar-refractivity contribution in [3.8, 4) is 11.4 Å². The highest BCUT2D eigenvalue weighted by Crippen LogP contribution is 2.21. The maximum Gasteiger partial charge on any atom is 0.290 e. The van der Waals surface area contributed by atoms with Gasteiger partial charge < -0.3 is 5.11 Å². The van der Waals surface area contributed by atoms with Crippen LogP contribution in [0.5, 0.6) is 5.75 Å². The van der Waals surface area contributed by atoms with Crippen LogP contribution in [0.4, 0.5) is 4.39 Å². The molecular weight excluding hydrogens is 363 g/mol. The summed E-state index contributed by atoms with van der Waals surface area (Å²) in [6.45, 7) is 0. The number of nitrogens with zero attached hydrogens (tertiary/aromatic N) is 2. The van der Waals surface area contributed by atoms with Crippen molar-refractivity contribution < 1.29 is 19.1 Å². The number of benzene rings is 2. The van der Waals surface area contributed by atoms with E-state index in [2.05, 4.69) is 16.0 Å². The summed E-state index contributed by atoms with van der Waals surface area (Å²) in [5.74, 6) is -2.15. The molecule has 0 spiro atoms. The van der Waals surface area contributed by atoms with Crippen molar-refractivity contribution in [2.24, 2.45) is 0 Å². The lowest BCUT2D eigenvalue weighted by Crippen LogP contribution is -2.41. The number of hydrazine groups is 1. The number of hydrogen-bond acceptors (Lipinski definition) is 4. The van der Waals surface area contributed by atoms with Gasteiger partial charge in [0, 0.05) is 11.2 Å². The molecule has 26 heavy (non-hydrogen) atoms. The zero-order chi connectivity index (χ0) is 18.7. The summed E-state index contributed by atoms with van der Waals surface area (Å²) in [6, 6.07) is 11.1. The Bertz CT molecular complexity index is 990. The Morgan fingerprint density at radius 3 is 2.62 bits per heavy atom. The number of rotatable bonds is 3. The number of phenolic OH excluding ortho intramolecular Hbond substituents is 1. The van der Waals surface area contributed by atoms with Crippen molar-refractivity contribution in [1.82, 2.24) is 20.6 Å². The summed E-state index contributed by atoms with van der Waals surface area (Å²) in [4.78, 5) is 24.1. The third-order valence-electron chi connectivity index (χ3n) is 3.39. The van der Waals surface area contributed by atoms with E-state index in [1.54, 1.807) is 6.07 Å². The number of hydrogen-bond donors (Lipinski definition) is 3. The molecular formula is C17H12ClFN4O3. The highest BCUT2D eigenvalue weighted by atomic mass is 35.5. The Morgan fingerprint density at radius 1 is 1.08 bits per heavy atom. The van der Waals surface area contributed by atoms with Gasteiger partial charge >= 0.3 is 0 Å². The topological polar surface area (TPSA) is 96.3 Å². The van der Waals surface area contributed by atoms with Gasteiger partial charge in [-0.15, -0.1) is 0 Å². The van der Waals surface area contributed by atoms with Crippen LogP contribution in [0.1, 0.15) is 20.8 Å². The van der Waals surface area contributed by atoms with Gasteiger partial charge in [0.25, 0.3) is 11.8 Å². The molecule has 2 amide bonds. The highest BCUT2D eigenvalue weighted by molar-refractivity contribution is 6.31. The fourth-order valence-corrected chi connectivity index (χ4v) is 2.31. The molecule has 0 saturated heterocycles. The molecule has 3 aromatic rings. The van der Waals surface area contributed by atoms with Gasteiger partial charge in [-0.3, -0.25) is 20.4 Å². The summed E-state index contributed by atoms with van der Waals surface area (Å²) in [5, 5.41) is 13.9. The molecule has 0 aliphatic heterocycles. The summed E-state index contributed by atoms with van der Waals surface area (Å²) >= 11 is 5.77. The number of halogens is 2. The van der Waals surface area contributed by atoms with E-state index < -0.39 is 17.6 Å². The molecule has 0 aliphatic carbocycles. The van der Waals surface area contributed by atoms with Gasteiger partial charge in [-0.25, -0.2) is 9.07 Å². The summed E-state index contributed by atoms with van der Waals surface area (Å²) in [7, 11) is 0. The van der Waals surface area contributed by atoms with Crippen LogP contribution in [0, 0.1) is 5.82 Å². The maximum atomic E-state index is 13.3. The normalized spacial score (nSPS) is 10.4. The molecule has 132 valence electrons. The number of phenols is 1. The Balaban J connectivity index is 1.67. The largest absolute Gasteiger partial charge is 0.507 e. The fraction of sp³-hybridized carbons (Fsp3) is 0. The maximum absolute atomic E-state index is 13.3. The van der Waals surface area contributed by atoms with E-state index in [0.29, 0.717) is 5.69 Å². The minimum Gasteiger partial charge on any atom is -0.507 e. The molecule has 9 heteroatoms. The molecule has 0 radical (unpaired) electrons. The average Bonchev–Trinajstić information content (AvgIpc) is 3.11. The smallest absolute Gasteiger partial charge is 0.290 e. The molecule has 1 heterocycles. The lowest BCUT2D eigenvalue weighted by Gasteiger charge is -2.07. The van der Waals surface area contributed by atoms with Crippen LogP contribution in [-0.4, -0.2) is 26.7 Å². The van der Waals surface area contributed by atoms with E-state index in [4.69, 9.17) is 11.6 Å². The Hall–Kier alpha value is -3.39. The summed E-state index contributed by atoms with van der Waals surface area (Å²) < 4.78 is 14.6. The van der Waals surface area contributed by atoms with E-state index in [9.17, 15) is 19.1 Å². The average molecular weight is 375 g/mol. The van der Waals surface area contributed by atoms with Crippen molar-refractivity contribution in [2.45, 2.75) is 0 Å². The van der Waals surface area contributed by atoms with Gasteiger partial charge in [0.2, 0.25) is 0 Å². The predicted molar refractivity (Wildman–Crippen MR) is 91.6 cm³/mol. The standard InChI is InChI=1S/C17H12ClFN4O3/c18-10-4-5-15(24)13(8-10)16(25)20-21-17(26)14-6-7-23(22-14)12-3-1-2-11(19)9-12/h1-9,24H,(H,20,25)(H,21,26). The first-order valence-corrected chi connectivity index (χ1v) is 7.72. The van der Waals surface area contributed by atoms with Crippen LogP contribution >= 0.6 is 11.6 Å². The van der Waals surface area contributed by atoms with Gasteiger partial charge in [-0.2, -0.15) is 5.10 Å². The van der Waals surface area contributed by atoms with Crippen molar-refractivity contribution in [2.75, 3.05) is 0 Å². The van der Waals surface area contributed by atoms with E-state index in [-0.39, 0.29) is 22.0 Å². The minimum atomic E-state index is -0.747. The van der Waals surface area contributed by atoms with Crippen LogP contribution in [-0.2, 0) is 0 Å². The summed E-state index contributed by atoms with van der Waals surface area (Å²) in [5.41, 5.74) is 4.69. The second-order valence-electron chi connectivity index (χ2n) is 5.20. The van der Waals surface area contributed by atoms with Gasteiger partial charge in [0.05, 0.1) is 11.3 Å². The van der Waals surface area contributed by atoms with Crippen molar-refractivity contribution in [1.29, 1.82) is 0 Å². The minimum absolute atomic E-state index is 0.00452. The van der Waals surface area contributed by atoms with Gasteiger partial charge in [0.15, 0.2) is 5.69 Å². The number of aromatic nitrogens is 2. The molecule has 7 nitrogen and oxygen atoms in total. The first-order valence-electron chi connectivity index (χ1n) is 7.35. The Kier molecular flexibility index (Phi) is 4.85. The van der Waals surface area contributed by atoms with Crippen molar-refractivity contribution in [3.63, 3.8) is 0 Å². The quantitative estimate of drug-likeness (QED) is 0.613. The van der Waals surface area contributed by atoms with E-state index >= 15 is 0 Å².